The standard InChI is InChI=1S/C34H55N8O15P/c1-18(2)15-25(41-29(47)21(36)16-19-6-8-20(9-7-19)57-58(54,55)56)33(51)38-22(5-3-4-14-35)30(48)39-23(10-12-27(37)44)31(49)40-24(11-13-28(45)46)32(50)42-26(17-43)34(52)53/h6-9,18,21-26,43H,3-5,10-17,35-36H2,1-2H3,(H2,37,44)(H,38,51)(H,39,48)(H,40,49)(H,41,47)(H,42,50)(H,45,46)(H,52,53)(H2,54,55,56)/t21-,22-,23-,24-,25-,26-/m0/s1. The van der Waals surface area contributed by atoms with E-state index >= 15 is 0 Å². The lowest BCUT2D eigenvalue weighted by atomic mass is 10.00. The molecular formula is C34H55N8O15P. The minimum Gasteiger partial charge on any atom is -0.481 e. The van der Waals surface area contributed by atoms with E-state index in [1.165, 1.54) is 24.3 Å². The van der Waals surface area contributed by atoms with Gasteiger partial charge in [-0.05, 0) is 75.1 Å². The van der Waals surface area contributed by atoms with Gasteiger partial charge >= 0.3 is 19.8 Å². The molecule has 0 saturated heterocycles. The number of phosphoric ester groups is 1. The molecule has 1 aromatic carbocycles. The Morgan fingerprint density at radius 3 is 1.60 bits per heavy atom. The molecule has 0 heterocycles. The van der Waals surface area contributed by atoms with Gasteiger partial charge in [-0.1, -0.05) is 26.0 Å². The Balaban J connectivity index is 3.27. The quantitative estimate of drug-likeness (QED) is 0.0292. The highest BCUT2D eigenvalue weighted by Gasteiger charge is 2.33. The first-order valence-electron chi connectivity index (χ1n) is 18.2. The molecule has 0 aromatic heterocycles. The lowest BCUT2D eigenvalue weighted by molar-refractivity contribution is -0.144. The van der Waals surface area contributed by atoms with E-state index in [1.807, 2.05) is 5.32 Å². The van der Waals surface area contributed by atoms with E-state index in [2.05, 4.69) is 25.8 Å². The Morgan fingerprint density at radius 1 is 0.707 bits per heavy atom. The Morgan fingerprint density at radius 2 is 1.17 bits per heavy atom. The molecule has 0 bridgehead atoms. The van der Waals surface area contributed by atoms with Crippen LogP contribution < -0.4 is 48.3 Å². The zero-order chi connectivity index (χ0) is 44.2. The summed E-state index contributed by atoms with van der Waals surface area (Å²) in [5.74, 6) is -8.84. The van der Waals surface area contributed by atoms with Gasteiger partial charge in [0.1, 0.15) is 36.0 Å². The van der Waals surface area contributed by atoms with E-state index in [1.54, 1.807) is 13.8 Å². The van der Waals surface area contributed by atoms with Gasteiger partial charge in [-0.2, -0.15) is 0 Å². The summed E-state index contributed by atoms with van der Waals surface area (Å²) in [4.78, 5) is 119. The second kappa shape index (κ2) is 25.2. The van der Waals surface area contributed by atoms with Crippen LogP contribution in [0.15, 0.2) is 24.3 Å². The number of rotatable bonds is 28. The number of nitrogens with two attached hydrogens (primary N) is 3. The SMILES string of the molecule is CC(C)C[C@H](NC(=O)[C@@H](N)Cc1ccc(OP(=O)(O)O)cc1)C(=O)N[C@@H](CCCCN)C(=O)N[C@@H](CCC(N)=O)C(=O)N[C@@H](CCC(=O)O)C(=O)N[C@@H](CO)C(=O)O. The zero-order valence-corrected chi connectivity index (χ0v) is 33.0. The van der Waals surface area contributed by atoms with Crippen molar-refractivity contribution in [2.75, 3.05) is 13.2 Å². The number of aliphatic hydroxyl groups excluding tert-OH is 1. The molecule has 0 unspecified atom stereocenters. The summed E-state index contributed by atoms with van der Waals surface area (Å²) in [6, 6.07) is -3.37. The summed E-state index contributed by atoms with van der Waals surface area (Å²) < 4.78 is 15.6. The van der Waals surface area contributed by atoms with Crippen molar-refractivity contribution in [1.29, 1.82) is 0 Å². The highest BCUT2D eigenvalue weighted by Crippen LogP contribution is 2.37. The van der Waals surface area contributed by atoms with Crippen LogP contribution in [-0.2, 0) is 49.3 Å². The van der Waals surface area contributed by atoms with Gasteiger partial charge in [0.05, 0.1) is 12.6 Å². The number of aliphatic carboxylic acids is 2. The number of amides is 6. The highest BCUT2D eigenvalue weighted by molar-refractivity contribution is 7.46. The molecule has 0 saturated carbocycles. The maximum Gasteiger partial charge on any atom is 0.524 e. The number of aliphatic hydroxyl groups is 1. The van der Waals surface area contributed by atoms with Crippen LogP contribution in [-0.4, -0.2) is 122 Å². The summed E-state index contributed by atoms with van der Waals surface area (Å²) in [6.45, 7) is 2.75. The molecule has 1 aromatic rings. The van der Waals surface area contributed by atoms with E-state index in [0.717, 1.165) is 0 Å². The van der Waals surface area contributed by atoms with Crippen LogP contribution >= 0.6 is 7.82 Å². The smallest absolute Gasteiger partial charge is 0.481 e. The van der Waals surface area contributed by atoms with Crippen molar-refractivity contribution in [3.63, 3.8) is 0 Å². The molecule has 1 rings (SSSR count). The molecule has 16 N–H and O–H groups in total. The fraction of sp³-hybridized carbons (Fsp3) is 0.588. The van der Waals surface area contributed by atoms with Crippen LogP contribution in [0, 0.1) is 5.92 Å². The first kappa shape index (κ1) is 50.8. The van der Waals surface area contributed by atoms with E-state index in [0.29, 0.717) is 18.4 Å². The van der Waals surface area contributed by atoms with Crippen molar-refractivity contribution in [1.82, 2.24) is 26.6 Å². The largest absolute Gasteiger partial charge is 0.524 e. The first-order valence-corrected chi connectivity index (χ1v) is 19.7. The Labute approximate surface area is 333 Å². The number of hydrogen-bond donors (Lipinski definition) is 13. The Kier molecular flexibility index (Phi) is 22.1. The number of carboxylic acids is 2. The predicted molar refractivity (Wildman–Crippen MR) is 203 cm³/mol. The van der Waals surface area contributed by atoms with Crippen molar-refractivity contribution >= 4 is 55.2 Å². The van der Waals surface area contributed by atoms with Gasteiger partial charge in [-0.25, -0.2) is 9.36 Å². The Hall–Kier alpha value is -5.19. The summed E-state index contributed by atoms with van der Waals surface area (Å²) >= 11 is 0. The monoisotopic (exact) mass is 846 g/mol. The number of hydrogen-bond acceptors (Lipinski definition) is 13. The van der Waals surface area contributed by atoms with Gasteiger partial charge in [0.25, 0.3) is 0 Å². The average molecular weight is 847 g/mol. The predicted octanol–water partition coefficient (Wildman–Crippen LogP) is -3.17. The van der Waals surface area contributed by atoms with Crippen LogP contribution in [0.1, 0.15) is 70.8 Å². The molecule has 0 aliphatic rings. The van der Waals surface area contributed by atoms with E-state index in [9.17, 15) is 53.1 Å². The van der Waals surface area contributed by atoms with Gasteiger partial charge < -0.3 is 63.6 Å². The van der Waals surface area contributed by atoms with E-state index in [-0.39, 0.29) is 37.5 Å². The van der Waals surface area contributed by atoms with Crippen LogP contribution in [0.3, 0.4) is 0 Å². The third-order valence-corrected chi connectivity index (χ3v) is 8.70. The number of primary amides is 1. The maximum absolute atomic E-state index is 13.7. The van der Waals surface area contributed by atoms with E-state index < -0.39 is 124 Å². The molecule has 326 valence electrons. The molecule has 0 fully saturated rings. The third-order valence-electron chi connectivity index (χ3n) is 8.25. The van der Waals surface area contributed by atoms with Crippen LogP contribution in [0.2, 0.25) is 0 Å². The van der Waals surface area contributed by atoms with Gasteiger partial charge in [-0.15, -0.1) is 0 Å². The minimum absolute atomic E-state index is 0.0100. The first-order chi connectivity index (χ1) is 27.1. The highest BCUT2D eigenvalue weighted by atomic mass is 31.2. The fourth-order valence-electron chi connectivity index (χ4n) is 5.28. The van der Waals surface area contributed by atoms with Gasteiger partial charge in [0.2, 0.25) is 35.4 Å². The molecule has 0 aliphatic heterocycles. The lowest BCUT2D eigenvalue weighted by Crippen LogP contribution is -2.59. The van der Waals surface area contributed by atoms with Crippen molar-refractivity contribution in [3.05, 3.63) is 29.8 Å². The van der Waals surface area contributed by atoms with Crippen molar-refractivity contribution in [2.45, 2.75) is 108 Å². The van der Waals surface area contributed by atoms with Crippen LogP contribution in [0.4, 0.5) is 0 Å². The molecule has 58 heavy (non-hydrogen) atoms. The van der Waals surface area contributed by atoms with Gasteiger partial charge in [0.15, 0.2) is 0 Å². The van der Waals surface area contributed by atoms with Crippen LogP contribution in [0.5, 0.6) is 5.75 Å². The molecule has 6 atom stereocenters. The molecule has 0 aliphatic carbocycles. The number of unbranched alkanes of at least 4 members (excludes halogenated alkanes) is 1. The minimum atomic E-state index is -4.79. The number of carboxylic acid groups (broad SMARTS) is 2. The second-order valence-electron chi connectivity index (χ2n) is 13.7. The fourth-order valence-corrected chi connectivity index (χ4v) is 5.68. The number of benzene rings is 1. The number of nitrogens with one attached hydrogen (secondary N) is 5. The average Bonchev–Trinajstić information content (AvgIpc) is 3.12. The van der Waals surface area contributed by atoms with Gasteiger partial charge in [-0.3, -0.25) is 43.3 Å². The van der Waals surface area contributed by atoms with Crippen molar-refractivity contribution in [2.24, 2.45) is 23.1 Å². The summed E-state index contributed by atoms with van der Waals surface area (Å²) in [7, 11) is -4.79. The normalized spacial score (nSPS) is 14.4. The summed E-state index contributed by atoms with van der Waals surface area (Å²) in [6.07, 6.45) is -1.29. The molecule has 0 radical (unpaired) electrons. The molecule has 0 spiro atoms. The van der Waals surface area contributed by atoms with Gasteiger partial charge in [0, 0.05) is 12.8 Å². The zero-order valence-electron chi connectivity index (χ0n) is 32.1. The molecule has 6 amide bonds. The molecular weight excluding hydrogens is 791 g/mol. The lowest BCUT2D eigenvalue weighted by Gasteiger charge is -2.27. The van der Waals surface area contributed by atoms with Crippen molar-refractivity contribution < 1.29 is 72.6 Å². The second-order valence-corrected chi connectivity index (χ2v) is 14.9. The van der Waals surface area contributed by atoms with E-state index in [4.69, 9.17) is 32.1 Å². The molecule has 24 heteroatoms. The van der Waals surface area contributed by atoms with Crippen molar-refractivity contribution in [3.8, 4) is 5.75 Å². The number of carbonyl (C=O) groups is 8. The topological polar surface area (TPSA) is 402 Å². The molecule has 23 nitrogen and oxygen atoms in total. The maximum atomic E-state index is 13.7. The van der Waals surface area contributed by atoms with Crippen LogP contribution in [0.25, 0.3) is 0 Å². The summed E-state index contributed by atoms with van der Waals surface area (Å²) in [5, 5.41) is 39.5. The third kappa shape index (κ3) is 20.3. The number of carbonyl (C=O) groups excluding carboxylic acids is 6. The number of phosphoric acid groups is 1. The Bertz CT molecular complexity index is 1620. The summed E-state index contributed by atoms with van der Waals surface area (Å²) in [5.41, 5.74) is 17.5.